The van der Waals surface area contributed by atoms with Gasteiger partial charge >= 0.3 is 0 Å². The van der Waals surface area contributed by atoms with Crippen LogP contribution in [0.1, 0.15) is 31.7 Å². The lowest BCUT2D eigenvalue weighted by atomic mass is 10.0. The molecule has 0 unspecified atom stereocenters. The molecule has 0 spiro atoms. The highest BCUT2D eigenvalue weighted by Crippen LogP contribution is 2.22. The third kappa shape index (κ3) is 4.77. The Kier molecular flexibility index (Phi) is 6.46. The second kappa shape index (κ2) is 8.83. The van der Waals surface area contributed by atoms with Crippen molar-refractivity contribution in [3.63, 3.8) is 0 Å². The smallest absolute Gasteiger partial charge is 0.242 e. The number of amides is 1. The molecule has 28 heavy (non-hydrogen) atoms. The predicted octanol–water partition coefficient (Wildman–Crippen LogP) is 2.29. The molecule has 1 amide bonds. The zero-order valence-electron chi connectivity index (χ0n) is 15.9. The molecule has 7 nitrogen and oxygen atoms in total. The van der Waals surface area contributed by atoms with Crippen molar-refractivity contribution in [1.29, 1.82) is 0 Å². The zero-order chi connectivity index (χ0) is 20.1. The van der Waals surface area contributed by atoms with Gasteiger partial charge in [0.2, 0.25) is 15.9 Å². The van der Waals surface area contributed by atoms with E-state index < -0.39 is 15.8 Å². The van der Waals surface area contributed by atoms with Crippen LogP contribution in [0.3, 0.4) is 0 Å². The molecule has 2 aromatic rings. The first-order valence-corrected chi connectivity index (χ1v) is 10.8. The second-order valence-corrected chi connectivity index (χ2v) is 9.05. The van der Waals surface area contributed by atoms with Gasteiger partial charge in [0.25, 0.3) is 0 Å². The van der Waals surface area contributed by atoms with Gasteiger partial charge in [-0.2, -0.15) is 0 Å². The minimum Gasteiger partial charge on any atom is -0.343 e. The molecule has 0 saturated carbocycles. The van der Waals surface area contributed by atoms with Crippen molar-refractivity contribution in [2.24, 2.45) is 0 Å². The minimum absolute atomic E-state index is 0.0456. The molecule has 0 bridgehead atoms. The number of nitrogens with zero attached hydrogens (tertiary/aromatic N) is 4. The van der Waals surface area contributed by atoms with Gasteiger partial charge in [-0.05, 0) is 43.5 Å². The number of carbonyl (C=O) groups is 1. The van der Waals surface area contributed by atoms with Crippen molar-refractivity contribution >= 4 is 15.9 Å². The van der Waals surface area contributed by atoms with E-state index in [-0.39, 0.29) is 17.3 Å². The molecule has 2 heterocycles. The molecule has 0 atom stereocenters. The maximum Gasteiger partial charge on any atom is 0.242 e. The van der Waals surface area contributed by atoms with Crippen LogP contribution in [0.15, 0.2) is 47.9 Å². The number of likely N-dealkylation sites (tertiary alicyclic amines) is 1. The van der Waals surface area contributed by atoms with Crippen LogP contribution in [0.25, 0.3) is 0 Å². The highest BCUT2D eigenvalue weighted by molar-refractivity contribution is 7.89. The highest BCUT2D eigenvalue weighted by atomic mass is 32.2. The number of carbonyl (C=O) groups excluding carboxylic acids is 1. The number of aromatic nitrogens is 2. The summed E-state index contributed by atoms with van der Waals surface area (Å²) in [4.78, 5) is 18.4. The molecule has 152 valence electrons. The summed E-state index contributed by atoms with van der Waals surface area (Å²) in [5, 5.41) is 0. The molecular weight excluding hydrogens is 383 g/mol. The van der Waals surface area contributed by atoms with E-state index >= 15 is 0 Å². The van der Waals surface area contributed by atoms with Crippen LogP contribution in [0.4, 0.5) is 4.39 Å². The summed E-state index contributed by atoms with van der Waals surface area (Å²) in [7, 11) is -2.21. The number of piperidine rings is 1. The minimum atomic E-state index is -3.68. The number of hydrogen-bond acceptors (Lipinski definition) is 4. The Hall–Kier alpha value is -2.26. The molecule has 1 aromatic heterocycles. The molecule has 1 saturated heterocycles. The molecule has 1 aromatic carbocycles. The SMILES string of the molecule is CN(CCCC(=O)N1CCC(n2ccnc2)CC1)S(=O)(=O)c1ccc(F)cc1. The van der Waals surface area contributed by atoms with Crippen molar-refractivity contribution in [1.82, 2.24) is 18.8 Å². The van der Waals surface area contributed by atoms with Gasteiger partial charge in [-0.1, -0.05) is 0 Å². The van der Waals surface area contributed by atoms with Crippen LogP contribution in [0.5, 0.6) is 0 Å². The molecule has 1 fully saturated rings. The van der Waals surface area contributed by atoms with Crippen molar-refractivity contribution in [2.75, 3.05) is 26.7 Å². The van der Waals surface area contributed by atoms with Gasteiger partial charge in [0.1, 0.15) is 5.82 Å². The lowest BCUT2D eigenvalue weighted by molar-refractivity contribution is -0.132. The summed E-state index contributed by atoms with van der Waals surface area (Å²) in [6, 6.07) is 5.11. The fourth-order valence-corrected chi connectivity index (χ4v) is 4.63. The van der Waals surface area contributed by atoms with Crippen molar-refractivity contribution in [2.45, 2.75) is 36.6 Å². The van der Waals surface area contributed by atoms with Crippen molar-refractivity contribution in [3.05, 3.63) is 48.8 Å². The van der Waals surface area contributed by atoms with Crippen LogP contribution < -0.4 is 0 Å². The Balaban J connectivity index is 1.44. The first-order valence-electron chi connectivity index (χ1n) is 9.35. The number of rotatable bonds is 7. The summed E-state index contributed by atoms with van der Waals surface area (Å²) in [5.74, 6) is -0.430. The van der Waals surface area contributed by atoms with Crippen LogP contribution in [-0.4, -0.2) is 59.8 Å². The number of halogens is 1. The lowest BCUT2D eigenvalue weighted by Crippen LogP contribution is -2.39. The first kappa shape index (κ1) is 20.5. The quantitative estimate of drug-likeness (QED) is 0.704. The fourth-order valence-electron chi connectivity index (χ4n) is 3.42. The van der Waals surface area contributed by atoms with Crippen LogP contribution in [0.2, 0.25) is 0 Å². The standard InChI is InChI=1S/C19H25FN4O3S/c1-22(28(26,27)18-6-4-16(20)5-7-18)11-2-3-19(25)23-12-8-17(9-13-23)24-14-10-21-15-24/h4-7,10,14-15,17H,2-3,8-9,11-13H2,1H3. The number of hydrogen-bond donors (Lipinski definition) is 0. The summed E-state index contributed by atoms with van der Waals surface area (Å²) in [5.41, 5.74) is 0. The van der Waals surface area contributed by atoms with E-state index in [9.17, 15) is 17.6 Å². The maximum atomic E-state index is 13.0. The van der Waals surface area contributed by atoms with E-state index in [2.05, 4.69) is 9.55 Å². The van der Waals surface area contributed by atoms with Crippen LogP contribution >= 0.6 is 0 Å². The Labute approximate surface area is 164 Å². The van der Waals surface area contributed by atoms with Gasteiger partial charge in [0.15, 0.2) is 0 Å². The summed E-state index contributed by atoms with van der Waals surface area (Å²) in [6.45, 7) is 1.63. The molecule has 0 N–H and O–H groups in total. The highest BCUT2D eigenvalue weighted by Gasteiger charge is 2.24. The third-order valence-electron chi connectivity index (χ3n) is 5.15. The van der Waals surface area contributed by atoms with E-state index in [0.717, 1.165) is 25.0 Å². The van der Waals surface area contributed by atoms with Gasteiger partial charge < -0.3 is 9.47 Å². The average Bonchev–Trinajstić information content (AvgIpc) is 3.23. The lowest BCUT2D eigenvalue weighted by Gasteiger charge is -2.32. The summed E-state index contributed by atoms with van der Waals surface area (Å²) < 4.78 is 41.2. The number of imidazole rings is 1. The zero-order valence-corrected chi connectivity index (χ0v) is 16.7. The summed E-state index contributed by atoms with van der Waals surface area (Å²) >= 11 is 0. The monoisotopic (exact) mass is 408 g/mol. The Morgan fingerprint density at radius 1 is 1.25 bits per heavy atom. The Morgan fingerprint density at radius 3 is 2.54 bits per heavy atom. The Morgan fingerprint density at radius 2 is 1.93 bits per heavy atom. The normalized spacial score (nSPS) is 15.9. The molecule has 3 rings (SSSR count). The largest absolute Gasteiger partial charge is 0.343 e. The van der Waals surface area contributed by atoms with E-state index in [1.54, 1.807) is 12.5 Å². The van der Waals surface area contributed by atoms with Gasteiger partial charge in [0.05, 0.1) is 11.2 Å². The molecule has 0 aliphatic carbocycles. The molecule has 1 aliphatic heterocycles. The van der Waals surface area contributed by atoms with E-state index in [4.69, 9.17) is 0 Å². The van der Waals surface area contributed by atoms with Gasteiger partial charge in [-0.15, -0.1) is 0 Å². The van der Waals surface area contributed by atoms with E-state index in [0.29, 0.717) is 32.0 Å². The van der Waals surface area contributed by atoms with Gasteiger partial charge in [0, 0.05) is 51.5 Å². The van der Waals surface area contributed by atoms with Crippen molar-refractivity contribution in [3.8, 4) is 0 Å². The van der Waals surface area contributed by atoms with Crippen molar-refractivity contribution < 1.29 is 17.6 Å². The predicted molar refractivity (Wildman–Crippen MR) is 103 cm³/mol. The second-order valence-electron chi connectivity index (χ2n) is 7.01. The van der Waals surface area contributed by atoms with Crippen LogP contribution in [-0.2, 0) is 14.8 Å². The summed E-state index contributed by atoms with van der Waals surface area (Å²) in [6.07, 6.45) is 8.03. The number of benzene rings is 1. The van der Waals surface area contributed by atoms with E-state index in [1.807, 2.05) is 11.1 Å². The maximum absolute atomic E-state index is 13.0. The van der Waals surface area contributed by atoms with Gasteiger partial charge in [-0.3, -0.25) is 4.79 Å². The number of sulfonamides is 1. The topological polar surface area (TPSA) is 75.5 Å². The molecule has 9 heteroatoms. The Bertz CT molecular complexity index is 876. The molecular formula is C19H25FN4O3S. The average molecular weight is 408 g/mol. The third-order valence-corrected chi connectivity index (χ3v) is 7.02. The first-order chi connectivity index (χ1) is 13.4. The van der Waals surface area contributed by atoms with E-state index in [1.165, 1.54) is 23.5 Å². The van der Waals surface area contributed by atoms with Crippen LogP contribution in [0, 0.1) is 5.82 Å². The fraction of sp³-hybridized carbons (Fsp3) is 0.474. The molecule has 1 aliphatic rings. The van der Waals surface area contributed by atoms with Gasteiger partial charge in [-0.25, -0.2) is 22.1 Å². The molecule has 0 radical (unpaired) electrons.